The summed E-state index contributed by atoms with van der Waals surface area (Å²) < 4.78 is 10.1. The quantitative estimate of drug-likeness (QED) is 0.421. The van der Waals surface area contributed by atoms with Gasteiger partial charge in [0, 0.05) is 26.3 Å². The van der Waals surface area contributed by atoms with Gasteiger partial charge < -0.3 is 19.7 Å². The van der Waals surface area contributed by atoms with E-state index in [1.165, 1.54) is 13.2 Å². The number of rotatable bonds is 8. The van der Waals surface area contributed by atoms with Crippen LogP contribution in [-0.4, -0.2) is 39.7 Å². The van der Waals surface area contributed by atoms with Crippen molar-refractivity contribution in [3.05, 3.63) is 65.2 Å². The molecule has 29 heavy (non-hydrogen) atoms. The Hall–Kier alpha value is -3.79. The van der Waals surface area contributed by atoms with Crippen LogP contribution in [0.2, 0.25) is 0 Å². The van der Waals surface area contributed by atoms with Crippen LogP contribution in [0.25, 0.3) is 6.08 Å². The van der Waals surface area contributed by atoms with Crippen LogP contribution in [0.4, 0.5) is 5.69 Å². The summed E-state index contributed by atoms with van der Waals surface area (Å²) in [6, 6.07) is 16.4. The molecule has 0 atom stereocenters. The standard InChI is InChI=1S/C22H23N3O4/c1-25(2)19-9-7-16(8-10-19)14-24-21(26)15-29-22(27)18(13-23)11-17-5-4-6-20(12-17)28-3/h4-12H,14-15H2,1-3H3,(H,24,26)/b18-11+. The van der Waals surface area contributed by atoms with E-state index in [2.05, 4.69) is 5.32 Å². The highest BCUT2D eigenvalue weighted by molar-refractivity contribution is 5.98. The number of nitrogens with zero attached hydrogens (tertiary/aromatic N) is 2. The summed E-state index contributed by atoms with van der Waals surface area (Å²) in [5.74, 6) is -0.711. The second-order valence-electron chi connectivity index (χ2n) is 6.36. The highest BCUT2D eigenvalue weighted by atomic mass is 16.5. The molecule has 0 aliphatic heterocycles. The van der Waals surface area contributed by atoms with Gasteiger partial charge in [0.05, 0.1) is 7.11 Å². The third-order valence-electron chi connectivity index (χ3n) is 4.02. The number of hydrogen-bond donors (Lipinski definition) is 1. The molecule has 0 spiro atoms. The molecule has 7 heteroatoms. The lowest BCUT2D eigenvalue weighted by Crippen LogP contribution is -2.28. The highest BCUT2D eigenvalue weighted by Gasteiger charge is 2.13. The molecule has 2 rings (SSSR count). The van der Waals surface area contributed by atoms with Gasteiger partial charge >= 0.3 is 5.97 Å². The van der Waals surface area contributed by atoms with Crippen LogP contribution >= 0.6 is 0 Å². The molecule has 1 amide bonds. The van der Waals surface area contributed by atoms with Crippen molar-refractivity contribution in [3.63, 3.8) is 0 Å². The maximum absolute atomic E-state index is 12.1. The highest BCUT2D eigenvalue weighted by Crippen LogP contribution is 2.16. The lowest BCUT2D eigenvalue weighted by atomic mass is 10.1. The summed E-state index contributed by atoms with van der Waals surface area (Å²) in [6.45, 7) is -0.152. The third-order valence-corrected chi connectivity index (χ3v) is 4.02. The number of benzene rings is 2. The lowest BCUT2D eigenvalue weighted by Gasteiger charge is -2.13. The average Bonchev–Trinajstić information content (AvgIpc) is 2.74. The predicted molar refractivity (Wildman–Crippen MR) is 110 cm³/mol. The van der Waals surface area contributed by atoms with E-state index in [0.717, 1.165) is 11.3 Å². The molecule has 2 aromatic rings. The summed E-state index contributed by atoms with van der Waals surface area (Å²) in [5, 5.41) is 11.9. The summed E-state index contributed by atoms with van der Waals surface area (Å²) in [4.78, 5) is 26.0. The molecule has 7 nitrogen and oxygen atoms in total. The van der Waals surface area contributed by atoms with Gasteiger partial charge in [-0.1, -0.05) is 24.3 Å². The number of esters is 1. The number of carbonyl (C=O) groups is 2. The zero-order chi connectivity index (χ0) is 21.2. The second-order valence-corrected chi connectivity index (χ2v) is 6.36. The molecule has 0 heterocycles. The largest absolute Gasteiger partial charge is 0.497 e. The van der Waals surface area contributed by atoms with E-state index >= 15 is 0 Å². The van der Waals surface area contributed by atoms with Gasteiger partial charge in [0.2, 0.25) is 0 Å². The molecule has 0 bridgehead atoms. The molecule has 0 saturated carbocycles. The molecule has 0 fully saturated rings. The van der Waals surface area contributed by atoms with Gasteiger partial charge in [0.25, 0.3) is 5.91 Å². The van der Waals surface area contributed by atoms with E-state index in [4.69, 9.17) is 9.47 Å². The van der Waals surface area contributed by atoms with Gasteiger partial charge in [-0.15, -0.1) is 0 Å². The number of nitriles is 1. The van der Waals surface area contributed by atoms with Gasteiger partial charge in [-0.05, 0) is 41.5 Å². The van der Waals surface area contributed by atoms with E-state index in [-0.39, 0.29) is 5.57 Å². The number of ether oxygens (including phenoxy) is 2. The Labute approximate surface area is 170 Å². The summed E-state index contributed by atoms with van der Waals surface area (Å²) in [7, 11) is 5.42. The van der Waals surface area contributed by atoms with Crippen molar-refractivity contribution in [2.75, 3.05) is 32.7 Å². The van der Waals surface area contributed by atoms with E-state index in [0.29, 0.717) is 17.9 Å². The Morgan fingerprint density at radius 1 is 1.17 bits per heavy atom. The monoisotopic (exact) mass is 393 g/mol. The minimum Gasteiger partial charge on any atom is -0.497 e. The first-order chi connectivity index (χ1) is 13.9. The van der Waals surface area contributed by atoms with Crippen molar-refractivity contribution in [1.29, 1.82) is 5.26 Å². The van der Waals surface area contributed by atoms with Gasteiger partial charge in [-0.2, -0.15) is 5.26 Å². The topological polar surface area (TPSA) is 91.7 Å². The van der Waals surface area contributed by atoms with Crippen LogP contribution in [0.3, 0.4) is 0 Å². The van der Waals surface area contributed by atoms with E-state index in [9.17, 15) is 14.9 Å². The summed E-state index contributed by atoms with van der Waals surface area (Å²) in [5.41, 5.74) is 2.39. The Bertz CT molecular complexity index is 928. The summed E-state index contributed by atoms with van der Waals surface area (Å²) >= 11 is 0. The molecule has 0 unspecified atom stereocenters. The van der Waals surface area contributed by atoms with Crippen molar-refractivity contribution >= 4 is 23.6 Å². The zero-order valence-electron chi connectivity index (χ0n) is 16.6. The fraction of sp³-hybridized carbons (Fsp3) is 0.227. The predicted octanol–water partition coefficient (Wildman–Crippen LogP) is 2.53. The molecule has 0 aliphatic carbocycles. The van der Waals surface area contributed by atoms with Crippen molar-refractivity contribution in [2.24, 2.45) is 0 Å². The first-order valence-electron chi connectivity index (χ1n) is 8.89. The first kappa shape index (κ1) is 21.5. The number of hydrogen-bond acceptors (Lipinski definition) is 6. The molecular weight excluding hydrogens is 370 g/mol. The van der Waals surface area contributed by atoms with Crippen LogP contribution in [0.1, 0.15) is 11.1 Å². The van der Waals surface area contributed by atoms with Crippen LogP contribution < -0.4 is 15.0 Å². The average molecular weight is 393 g/mol. The molecule has 0 radical (unpaired) electrons. The van der Waals surface area contributed by atoms with Crippen LogP contribution in [-0.2, 0) is 20.9 Å². The fourth-order valence-electron chi connectivity index (χ4n) is 2.41. The molecule has 0 aromatic heterocycles. The normalized spacial score (nSPS) is 10.6. The second kappa shape index (κ2) is 10.5. The fourth-order valence-corrected chi connectivity index (χ4v) is 2.41. The Morgan fingerprint density at radius 2 is 1.90 bits per heavy atom. The molecule has 0 saturated heterocycles. The first-order valence-corrected chi connectivity index (χ1v) is 8.89. The maximum atomic E-state index is 12.1. The van der Waals surface area contributed by atoms with Crippen molar-refractivity contribution in [3.8, 4) is 11.8 Å². The Morgan fingerprint density at radius 3 is 2.52 bits per heavy atom. The van der Waals surface area contributed by atoms with Crippen LogP contribution in [0, 0.1) is 11.3 Å². The van der Waals surface area contributed by atoms with Crippen molar-refractivity contribution < 1.29 is 19.1 Å². The minimum atomic E-state index is -0.860. The minimum absolute atomic E-state index is 0.203. The van der Waals surface area contributed by atoms with Crippen LogP contribution in [0.5, 0.6) is 5.75 Å². The molecule has 2 aromatic carbocycles. The maximum Gasteiger partial charge on any atom is 0.349 e. The van der Waals surface area contributed by atoms with E-state index in [1.54, 1.807) is 30.3 Å². The summed E-state index contributed by atoms with van der Waals surface area (Å²) in [6.07, 6.45) is 1.38. The van der Waals surface area contributed by atoms with Gasteiger partial charge in [-0.3, -0.25) is 4.79 Å². The third kappa shape index (κ3) is 6.70. The Balaban J connectivity index is 1.87. The molecule has 1 N–H and O–H groups in total. The molecule has 150 valence electrons. The van der Waals surface area contributed by atoms with Crippen molar-refractivity contribution in [2.45, 2.75) is 6.54 Å². The smallest absolute Gasteiger partial charge is 0.349 e. The number of amides is 1. The SMILES string of the molecule is COc1cccc(/C=C(\C#N)C(=O)OCC(=O)NCc2ccc(N(C)C)cc2)c1. The lowest BCUT2D eigenvalue weighted by molar-refractivity contribution is -0.144. The number of nitrogens with one attached hydrogen (secondary N) is 1. The number of carbonyl (C=O) groups excluding carboxylic acids is 2. The number of methoxy groups -OCH3 is 1. The van der Waals surface area contributed by atoms with Gasteiger partial charge in [0.1, 0.15) is 17.4 Å². The number of anilines is 1. The van der Waals surface area contributed by atoms with E-state index in [1.807, 2.05) is 43.3 Å². The van der Waals surface area contributed by atoms with E-state index < -0.39 is 18.5 Å². The van der Waals surface area contributed by atoms with Gasteiger partial charge in [0.15, 0.2) is 6.61 Å². The van der Waals surface area contributed by atoms with Gasteiger partial charge in [-0.25, -0.2) is 4.79 Å². The molecule has 0 aliphatic rings. The molecular formula is C22H23N3O4. The Kier molecular flexibility index (Phi) is 7.80. The van der Waals surface area contributed by atoms with Crippen molar-refractivity contribution in [1.82, 2.24) is 5.32 Å². The van der Waals surface area contributed by atoms with Crippen LogP contribution in [0.15, 0.2) is 54.1 Å². The zero-order valence-corrected chi connectivity index (χ0v) is 16.6.